The monoisotopic (exact) mass is 771 g/mol. The van der Waals surface area contributed by atoms with Crippen LogP contribution in [0.25, 0.3) is 0 Å². The number of quaternary nitrogens is 1. The molecule has 13 nitrogen and oxygen atoms in total. The van der Waals surface area contributed by atoms with Crippen LogP contribution in [0.1, 0.15) is 80.7 Å². The third-order valence-corrected chi connectivity index (χ3v) is 10.9. The van der Waals surface area contributed by atoms with Gasteiger partial charge in [-0.25, -0.2) is 4.79 Å². The molecule has 0 amide bonds. The third kappa shape index (κ3) is 15.8. The van der Waals surface area contributed by atoms with Crippen molar-refractivity contribution in [2.24, 2.45) is 10.2 Å². The van der Waals surface area contributed by atoms with Crippen molar-refractivity contribution < 1.29 is 45.9 Å². The second-order valence-electron chi connectivity index (χ2n) is 12.5. The summed E-state index contributed by atoms with van der Waals surface area (Å²) in [7, 11) is -4.38. The lowest BCUT2D eigenvalue weighted by Gasteiger charge is -2.36. The number of unbranched alkanes of at least 4 members (excludes halogenated alkanes) is 1. The van der Waals surface area contributed by atoms with Gasteiger partial charge in [0.25, 0.3) is 10.1 Å². The van der Waals surface area contributed by atoms with Gasteiger partial charge in [0.15, 0.2) is 0 Å². The molecule has 0 atom stereocenters. The minimum atomic E-state index is -4.38. The van der Waals surface area contributed by atoms with Crippen molar-refractivity contribution in [3.63, 3.8) is 0 Å². The first-order valence-electron chi connectivity index (χ1n) is 18.7. The van der Waals surface area contributed by atoms with Crippen LogP contribution in [0.2, 0.25) is 0 Å². The molecular formula is C37H63N4O9S2+. The van der Waals surface area contributed by atoms with E-state index in [1.807, 2.05) is 32.0 Å². The molecule has 1 N–H and O–H groups in total. The summed E-state index contributed by atoms with van der Waals surface area (Å²) in [4.78, 5) is 14.9. The lowest BCUT2D eigenvalue weighted by molar-refractivity contribution is -0.925. The number of carbonyl (C=O) groups is 1. The van der Waals surface area contributed by atoms with Gasteiger partial charge in [0, 0.05) is 24.3 Å². The summed E-state index contributed by atoms with van der Waals surface area (Å²) in [5, 5.41) is 9.22. The van der Waals surface area contributed by atoms with Crippen LogP contribution in [0.5, 0.6) is 0 Å². The smallest absolute Gasteiger partial charge is 0.348 e. The molecule has 2 rings (SSSR count). The van der Waals surface area contributed by atoms with Crippen LogP contribution in [0.15, 0.2) is 28.4 Å². The van der Waals surface area contributed by atoms with Crippen molar-refractivity contribution >= 4 is 43.8 Å². The molecular weight excluding hydrogens is 709 g/mol. The van der Waals surface area contributed by atoms with Gasteiger partial charge in [-0.1, -0.05) is 20.3 Å². The molecule has 0 unspecified atom stereocenters. The maximum absolute atomic E-state index is 12.6. The normalized spacial score (nSPS) is 12.2. The summed E-state index contributed by atoms with van der Waals surface area (Å²) in [5.41, 5.74) is 3.30. The lowest BCUT2D eigenvalue weighted by Crippen LogP contribution is -2.50. The summed E-state index contributed by atoms with van der Waals surface area (Å²) in [6, 6.07) is 5.88. The maximum atomic E-state index is 12.6. The average molecular weight is 772 g/mol. The van der Waals surface area contributed by atoms with E-state index in [9.17, 15) is 17.8 Å². The van der Waals surface area contributed by atoms with Gasteiger partial charge in [0.2, 0.25) is 0 Å². The molecule has 0 saturated carbocycles. The number of aryl methyl sites for hydroxylation is 1. The number of hydrogen-bond acceptors (Lipinski definition) is 12. The second-order valence-corrected chi connectivity index (χ2v) is 14.9. The zero-order valence-electron chi connectivity index (χ0n) is 32.5. The average Bonchev–Trinajstić information content (AvgIpc) is 3.46. The predicted molar refractivity (Wildman–Crippen MR) is 207 cm³/mol. The molecule has 0 fully saturated rings. The molecule has 0 radical (unpaired) electrons. The zero-order chi connectivity index (χ0) is 38.4. The highest BCUT2D eigenvalue weighted by molar-refractivity contribution is 7.85. The van der Waals surface area contributed by atoms with Gasteiger partial charge in [0.05, 0.1) is 84.8 Å². The first kappa shape index (κ1) is 45.7. The van der Waals surface area contributed by atoms with E-state index in [4.69, 9.17) is 23.7 Å². The minimum Gasteiger partial charge on any atom is -0.462 e. The van der Waals surface area contributed by atoms with Crippen LogP contribution in [0, 0.1) is 6.92 Å². The van der Waals surface area contributed by atoms with Crippen LogP contribution < -0.4 is 4.90 Å². The Balaban J connectivity index is 1.76. The molecule has 1 aromatic heterocycles. The van der Waals surface area contributed by atoms with E-state index >= 15 is 0 Å². The molecule has 0 spiro atoms. The van der Waals surface area contributed by atoms with Crippen LogP contribution in [0.3, 0.4) is 0 Å². The Hall–Kier alpha value is -2.50. The van der Waals surface area contributed by atoms with Crippen molar-refractivity contribution in [1.82, 2.24) is 0 Å². The number of nitrogens with zero attached hydrogens (tertiary/aromatic N) is 4. The number of anilines is 1. The number of thiophene rings is 1. The van der Waals surface area contributed by atoms with Crippen LogP contribution in [-0.2, 0) is 46.0 Å². The van der Waals surface area contributed by atoms with E-state index < -0.39 is 21.8 Å². The van der Waals surface area contributed by atoms with Gasteiger partial charge < -0.3 is 33.1 Å². The second kappa shape index (κ2) is 24.7. The number of azo groups is 1. The van der Waals surface area contributed by atoms with Gasteiger partial charge in [-0.2, -0.15) is 8.42 Å². The summed E-state index contributed by atoms with van der Waals surface area (Å²) < 4.78 is 62.1. The van der Waals surface area contributed by atoms with E-state index in [0.29, 0.717) is 75.5 Å². The van der Waals surface area contributed by atoms with Crippen LogP contribution in [-0.4, -0.2) is 122 Å². The highest BCUT2D eigenvalue weighted by Gasteiger charge is 2.26. The number of likely N-dealkylation sites (N-methyl/N-ethyl adjacent to an activating group) is 2. The van der Waals surface area contributed by atoms with Crippen LogP contribution in [0.4, 0.5) is 16.4 Å². The van der Waals surface area contributed by atoms with Gasteiger partial charge in [0.1, 0.15) is 22.2 Å². The molecule has 296 valence electrons. The van der Waals surface area contributed by atoms with E-state index in [2.05, 4.69) is 42.8 Å². The Labute approximate surface area is 316 Å². The molecule has 15 heteroatoms. The number of carbonyl (C=O) groups excluding carboxylic acids is 1. The Morgan fingerprint density at radius 2 is 1.46 bits per heavy atom. The third-order valence-electron chi connectivity index (χ3n) is 9.07. The largest absolute Gasteiger partial charge is 0.462 e. The van der Waals surface area contributed by atoms with Gasteiger partial charge in [-0.05, 0) is 76.8 Å². The van der Waals surface area contributed by atoms with Gasteiger partial charge in [-0.15, -0.1) is 21.6 Å². The number of esters is 1. The van der Waals surface area contributed by atoms with Crippen molar-refractivity contribution in [3.8, 4) is 0 Å². The van der Waals surface area contributed by atoms with Crippen LogP contribution >= 0.6 is 11.3 Å². The fourth-order valence-electron chi connectivity index (χ4n) is 5.80. The predicted octanol–water partition coefficient (Wildman–Crippen LogP) is 7.15. The van der Waals surface area contributed by atoms with Crippen molar-refractivity contribution in [3.05, 3.63) is 39.8 Å². The molecule has 1 heterocycles. The number of hydrogen-bond donors (Lipinski definition) is 1. The molecule has 2 aromatic rings. The van der Waals surface area contributed by atoms with Gasteiger partial charge in [-0.3, -0.25) is 4.55 Å². The Morgan fingerprint density at radius 1 is 0.846 bits per heavy atom. The summed E-state index contributed by atoms with van der Waals surface area (Å²) in [6.07, 6.45) is 2.88. The number of rotatable bonds is 29. The van der Waals surface area contributed by atoms with E-state index in [1.54, 1.807) is 6.92 Å². The fraction of sp³-hybridized carbons (Fsp3) is 0.703. The SMILES string of the molecule is CCCC[N+](CC)(CC)CCOCCOCCOCCOCCN(CC)c1ccc(N=Nc2sc(C(=O)OCC)c(CS(=O)(=O)O)c2CC)c(C)c1. The standard InChI is InChI=1S/C37H62N4O9S2/c1-8-14-18-41(11-4,12-5)19-21-47-23-25-49-27-26-48-24-22-46-20-17-40(10-3)31-15-16-34(30(7)28-31)38-39-36-32(9-2)33(29-52(43,44)45)35(51-36)37(42)50-13-6/h15-16,28H,8-14,17-27,29H2,1-7H3/p+1. The first-order chi connectivity index (χ1) is 25.0. The maximum Gasteiger partial charge on any atom is 0.348 e. The van der Waals surface area contributed by atoms with Crippen molar-refractivity contribution in [1.29, 1.82) is 0 Å². The summed E-state index contributed by atoms with van der Waals surface area (Å²) in [5.74, 6) is -1.35. The number of benzene rings is 1. The molecule has 0 aliphatic carbocycles. The summed E-state index contributed by atoms with van der Waals surface area (Å²) >= 11 is 1.01. The van der Waals surface area contributed by atoms with Crippen molar-refractivity contribution in [2.75, 3.05) is 104 Å². The lowest BCUT2D eigenvalue weighted by atomic mass is 10.1. The first-order valence-corrected chi connectivity index (χ1v) is 21.1. The quantitative estimate of drug-likeness (QED) is 0.0298. The summed E-state index contributed by atoms with van der Waals surface area (Å²) in [6.45, 7) is 25.0. The minimum absolute atomic E-state index is 0.105. The van der Waals surface area contributed by atoms with Crippen molar-refractivity contribution in [2.45, 2.75) is 73.5 Å². The Kier molecular flexibility index (Phi) is 21.7. The molecule has 0 aliphatic rings. The molecule has 0 saturated heterocycles. The highest BCUT2D eigenvalue weighted by Crippen LogP contribution is 2.39. The Bertz CT molecular complexity index is 1460. The molecule has 1 aromatic carbocycles. The molecule has 52 heavy (non-hydrogen) atoms. The molecule has 0 aliphatic heterocycles. The topological polar surface area (TPSA) is 146 Å². The van der Waals surface area contributed by atoms with E-state index in [-0.39, 0.29) is 17.0 Å². The van der Waals surface area contributed by atoms with Gasteiger partial charge >= 0.3 is 5.97 Å². The fourth-order valence-corrected chi connectivity index (χ4v) is 7.70. The number of ether oxygens (including phenoxy) is 5. The Morgan fingerprint density at radius 3 is 1.98 bits per heavy atom. The zero-order valence-corrected chi connectivity index (χ0v) is 34.1. The molecule has 0 bridgehead atoms. The van der Waals surface area contributed by atoms with E-state index in [1.165, 1.54) is 19.4 Å². The van der Waals surface area contributed by atoms with E-state index in [0.717, 1.165) is 59.9 Å². The highest BCUT2D eigenvalue weighted by atomic mass is 32.2.